The van der Waals surface area contributed by atoms with Crippen LogP contribution in [0.4, 0.5) is 0 Å². The molecule has 0 bridgehead atoms. The number of carbonyl (C=O) groups is 1. The third-order valence-corrected chi connectivity index (χ3v) is 6.20. The molecule has 36 heavy (non-hydrogen) atoms. The predicted octanol–water partition coefficient (Wildman–Crippen LogP) is -3.10. The van der Waals surface area contributed by atoms with Gasteiger partial charge in [0.1, 0.15) is 31.3 Å². The van der Waals surface area contributed by atoms with Crippen LogP contribution in [0.1, 0.15) is 36.4 Å². The Labute approximate surface area is 201 Å². The Hall–Kier alpha value is -3.37. The average Bonchev–Trinajstić information content (AvgIpc) is 3.38. The van der Waals surface area contributed by atoms with Crippen LogP contribution in [0.25, 0.3) is 0 Å². The van der Waals surface area contributed by atoms with Crippen LogP contribution in [0.2, 0.25) is 0 Å². The molecule has 2 aliphatic heterocycles. The molecular weight excluding hydrogens is 484 g/mol. The van der Waals surface area contributed by atoms with Gasteiger partial charge in [-0.2, -0.15) is 0 Å². The molecule has 2 saturated heterocycles. The van der Waals surface area contributed by atoms with Crippen LogP contribution in [-0.2, 0) is 19.0 Å². The second-order valence-corrected chi connectivity index (χ2v) is 8.82. The van der Waals surface area contributed by atoms with Gasteiger partial charge >= 0.3 is 17.3 Å². The van der Waals surface area contributed by atoms with Crippen molar-refractivity contribution >= 4 is 5.97 Å². The van der Waals surface area contributed by atoms with Gasteiger partial charge in [-0.3, -0.25) is 28.7 Å². The summed E-state index contributed by atoms with van der Waals surface area (Å²) in [7, 11) is 0. The highest BCUT2D eigenvalue weighted by atomic mass is 16.6. The number of H-pyrrole nitrogens is 2. The summed E-state index contributed by atoms with van der Waals surface area (Å²) in [4.78, 5) is 63.9. The maximum Gasteiger partial charge on any atom is 0.337 e. The van der Waals surface area contributed by atoms with Crippen molar-refractivity contribution < 1.29 is 34.3 Å². The smallest absolute Gasteiger partial charge is 0.337 e. The minimum Gasteiger partial charge on any atom is -0.461 e. The molecule has 2 aromatic heterocycles. The molecule has 3 unspecified atom stereocenters. The van der Waals surface area contributed by atoms with Crippen molar-refractivity contribution in [2.45, 2.75) is 69.7 Å². The minimum absolute atomic E-state index is 0.0182. The van der Waals surface area contributed by atoms with E-state index in [0.29, 0.717) is 0 Å². The van der Waals surface area contributed by atoms with Crippen molar-refractivity contribution in [2.75, 3.05) is 6.61 Å². The van der Waals surface area contributed by atoms with Crippen LogP contribution in [-0.4, -0.2) is 77.5 Å². The van der Waals surface area contributed by atoms with E-state index in [2.05, 4.69) is 9.97 Å². The van der Waals surface area contributed by atoms with Crippen molar-refractivity contribution in [1.82, 2.24) is 19.1 Å². The van der Waals surface area contributed by atoms with Gasteiger partial charge in [0, 0.05) is 36.4 Å². The Balaban J connectivity index is 1.37. The second kappa shape index (κ2) is 9.94. The first kappa shape index (κ1) is 25.7. The summed E-state index contributed by atoms with van der Waals surface area (Å²) in [5.41, 5.74) is -2.14. The number of hydrogen-bond acceptors (Lipinski definition) is 11. The maximum absolute atomic E-state index is 12.4. The summed E-state index contributed by atoms with van der Waals surface area (Å²) in [5, 5.41) is 31.0. The largest absolute Gasteiger partial charge is 0.461 e. The van der Waals surface area contributed by atoms with Gasteiger partial charge in [-0.15, -0.1) is 0 Å². The lowest BCUT2D eigenvalue weighted by molar-refractivity contribution is -0.172. The number of aryl methyl sites for hydroxylation is 2. The predicted molar refractivity (Wildman–Crippen MR) is 118 cm³/mol. The Kier molecular flexibility index (Phi) is 7.10. The van der Waals surface area contributed by atoms with Crippen LogP contribution < -0.4 is 22.5 Å². The zero-order valence-corrected chi connectivity index (χ0v) is 19.3. The van der Waals surface area contributed by atoms with Crippen LogP contribution >= 0.6 is 0 Å². The van der Waals surface area contributed by atoms with Crippen molar-refractivity contribution in [3.63, 3.8) is 0 Å². The molecule has 0 amide bonds. The summed E-state index contributed by atoms with van der Waals surface area (Å²) in [6, 6.07) is 0. The second-order valence-electron chi connectivity index (χ2n) is 8.82. The molecule has 4 rings (SSSR count). The number of ether oxygens (including phenoxy) is 3. The number of rotatable bonds is 6. The third-order valence-electron chi connectivity index (χ3n) is 6.20. The molecule has 0 spiro atoms. The van der Waals surface area contributed by atoms with Crippen LogP contribution in [0.5, 0.6) is 0 Å². The molecule has 196 valence electrons. The van der Waals surface area contributed by atoms with E-state index >= 15 is 0 Å². The fourth-order valence-corrected chi connectivity index (χ4v) is 4.15. The number of hydrogen-bond donors (Lipinski definition) is 5. The molecule has 2 aromatic rings. The lowest BCUT2D eigenvalue weighted by atomic mass is 10.1. The molecular formula is C21H26N4O11. The lowest BCUT2D eigenvalue weighted by Crippen LogP contribution is -2.42. The summed E-state index contributed by atoms with van der Waals surface area (Å²) in [5.74, 6) is -1.17. The van der Waals surface area contributed by atoms with E-state index in [0.717, 1.165) is 9.13 Å². The fraction of sp³-hybridized carbons (Fsp3) is 0.571. The standard InChI is InChI=1S/C21H26N4O11/c1-8-5-24(20(32)22-17(8)29)13-3-10(26)12(35-13)7-34-19(31)15(28)16-11(27)4-14(36-16)25-6-9(2)18(30)23-21(25)33/h5-6,10-16,26-28H,3-4,7H2,1-2H3,(H,22,29,32)(H,23,30,33)/t10?,11?,12-,13-,14-,15?,16+/m1/s1. The number of aromatic nitrogens is 4. The van der Waals surface area contributed by atoms with E-state index in [4.69, 9.17) is 14.2 Å². The molecule has 0 saturated carbocycles. The Morgan fingerprint density at radius 2 is 1.47 bits per heavy atom. The molecule has 7 atom stereocenters. The van der Waals surface area contributed by atoms with Gasteiger partial charge in [-0.25, -0.2) is 14.4 Å². The number of carbonyl (C=O) groups excluding carboxylic acids is 1. The minimum atomic E-state index is -1.93. The van der Waals surface area contributed by atoms with Crippen LogP contribution in [0.3, 0.4) is 0 Å². The van der Waals surface area contributed by atoms with Gasteiger partial charge in [-0.05, 0) is 13.8 Å². The van der Waals surface area contributed by atoms with Gasteiger partial charge in [-0.1, -0.05) is 0 Å². The number of aromatic amines is 2. The number of nitrogens with zero attached hydrogens (tertiary/aromatic N) is 2. The number of nitrogens with one attached hydrogen (secondary N) is 2. The number of aliphatic hydroxyl groups excluding tert-OH is 3. The molecule has 0 aliphatic carbocycles. The Bertz CT molecular complexity index is 1380. The lowest BCUT2D eigenvalue weighted by Gasteiger charge is -2.22. The third kappa shape index (κ3) is 4.96. The van der Waals surface area contributed by atoms with Crippen LogP contribution in [0, 0.1) is 13.8 Å². The van der Waals surface area contributed by atoms with Crippen molar-refractivity contribution in [2.24, 2.45) is 0 Å². The highest BCUT2D eigenvalue weighted by Gasteiger charge is 2.44. The first-order valence-electron chi connectivity index (χ1n) is 11.1. The van der Waals surface area contributed by atoms with E-state index in [-0.39, 0.29) is 24.0 Å². The Morgan fingerprint density at radius 3 is 2.03 bits per heavy atom. The quantitative estimate of drug-likeness (QED) is 0.245. The van der Waals surface area contributed by atoms with E-state index in [1.54, 1.807) is 0 Å². The van der Waals surface area contributed by atoms with Crippen LogP contribution in [0.15, 0.2) is 31.6 Å². The summed E-state index contributed by atoms with van der Waals surface area (Å²) in [6.45, 7) is 2.50. The van der Waals surface area contributed by atoms with Gasteiger partial charge in [0.2, 0.25) is 0 Å². The highest BCUT2D eigenvalue weighted by molar-refractivity contribution is 5.75. The van der Waals surface area contributed by atoms with Crippen molar-refractivity contribution in [3.05, 3.63) is 65.2 Å². The van der Waals surface area contributed by atoms with Gasteiger partial charge in [0.05, 0.1) is 12.2 Å². The topological polar surface area (TPSA) is 215 Å². The molecule has 0 radical (unpaired) electrons. The molecule has 2 aliphatic rings. The highest BCUT2D eigenvalue weighted by Crippen LogP contribution is 2.31. The summed E-state index contributed by atoms with van der Waals surface area (Å²) >= 11 is 0. The SMILES string of the molecule is Cc1cn([C@H]2CC(O)[C@@H](C(O)C(=O)OC[C@H]3O[C@@H](n4cc(C)c(=O)[nH]c4=O)CC3O)O2)c(=O)[nH]c1=O. The first-order chi connectivity index (χ1) is 17.0. The van der Waals surface area contributed by atoms with Crippen molar-refractivity contribution in [1.29, 1.82) is 0 Å². The monoisotopic (exact) mass is 510 g/mol. The fourth-order valence-electron chi connectivity index (χ4n) is 4.15. The molecule has 0 aromatic carbocycles. The van der Waals surface area contributed by atoms with Gasteiger partial charge in [0.25, 0.3) is 11.1 Å². The normalized spacial score (nSPS) is 28.8. The van der Waals surface area contributed by atoms with E-state index in [1.807, 2.05) is 0 Å². The molecule has 4 heterocycles. The first-order valence-corrected chi connectivity index (χ1v) is 11.1. The van der Waals surface area contributed by atoms with E-state index in [9.17, 15) is 39.3 Å². The number of aliphatic hydroxyl groups is 3. The van der Waals surface area contributed by atoms with Crippen molar-refractivity contribution in [3.8, 4) is 0 Å². The zero-order chi connectivity index (χ0) is 26.3. The Morgan fingerprint density at radius 1 is 0.972 bits per heavy atom. The zero-order valence-electron chi connectivity index (χ0n) is 19.3. The molecule has 15 nitrogen and oxygen atoms in total. The number of esters is 1. The maximum atomic E-state index is 12.4. The average molecular weight is 510 g/mol. The van der Waals surface area contributed by atoms with Gasteiger partial charge in [0.15, 0.2) is 6.10 Å². The molecule has 2 fully saturated rings. The van der Waals surface area contributed by atoms with E-state index in [1.165, 1.54) is 26.2 Å². The van der Waals surface area contributed by atoms with E-state index < -0.39 is 78.0 Å². The summed E-state index contributed by atoms with van der Waals surface area (Å²) < 4.78 is 18.3. The van der Waals surface area contributed by atoms with Gasteiger partial charge < -0.3 is 29.5 Å². The summed E-state index contributed by atoms with van der Waals surface area (Å²) in [6.07, 6.45) is -6.42. The molecule has 5 N–H and O–H groups in total. The molecule has 15 heteroatoms.